The molecule has 0 unspecified atom stereocenters. The molecule has 0 amide bonds. The molecule has 0 heterocycles. The van der Waals surface area contributed by atoms with Crippen LogP contribution in [-0.4, -0.2) is 23.9 Å². The topological polar surface area (TPSA) is 46.2 Å². The second-order valence-corrected chi connectivity index (χ2v) is 1.49. The molecule has 0 bridgehead atoms. The van der Waals surface area contributed by atoms with Gasteiger partial charge in [0, 0.05) is 6.54 Å². The van der Waals surface area contributed by atoms with Crippen LogP contribution in [0, 0.1) is 0 Å². The minimum absolute atomic E-state index is 0.0995. The van der Waals surface area contributed by atoms with Crippen LogP contribution in [-0.2, 0) is 0 Å². The molecule has 0 aliphatic carbocycles. The van der Waals surface area contributed by atoms with Crippen molar-refractivity contribution in [2.45, 2.75) is 19.2 Å². The number of halogens is 1. The molecular formula is C4H10FNO. The van der Waals surface area contributed by atoms with Gasteiger partial charge in [-0.15, -0.1) is 0 Å². The van der Waals surface area contributed by atoms with E-state index in [-0.39, 0.29) is 6.54 Å². The molecule has 0 spiro atoms. The lowest BCUT2D eigenvalue weighted by molar-refractivity contribution is 0.0980. The number of hydrogen-bond acceptors (Lipinski definition) is 2. The highest BCUT2D eigenvalue weighted by atomic mass is 19.1. The summed E-state index contributed by atoms with van der Waals surface area (Å²) in [7, 11) is 0. The van der Waals surface area contributed by atoms with Crippen LogP contribution in [0.1, 0.15) is 6.92 Å². The lowest BCUT2D eigenvalue weighted by Gasteiger charge is -2.05. The molecule has 0 aromatic rings. The molecule has 0 aromatic carbocycles. The summed E-state index contributed by atoms with van der Waals surface area (Å²) < 4.78 is 11.9. The highest BCUT2D eigenvalue weighted by Gasteiger charge is 2.08. The van der Waals surface area contributed by atoms with E-state index >= 15 is 0 Å². The van der Waals surface area contributed by atoms with E-state index in [1.165, 1.54) is 6.92 Å². The molecule has 0 aromatic heterocycles. The summed E-state index contributed by atoms with van der Waals surface area (Å²) in [6, 6.07) is 0. The molecule has 0 aliphatic rings. The zero-order chi connectivity index (χ0) is 5.86. The van der Waals surface area contributed by atoms with Crippen molar-refractivity contribution >= 4 is 0 Å². The van der Waals surface area contributed by atoms with Gasteiger partial charge in [0.25, 0.3) is 0 Å². The predicted molar refractivity (Wildman–Crippen MR) is 25.6 cm³/mol. The van der Waals surface area contributed by atoms with Crippen molar-refractivity contribution in [3.05, 3.63) is 0 Å². The molecule has 2 nitrogen and oxygen atoms in total. The smallest absolute Gasteiger partial charge is 0.138 e. The highest BCUT2D eigenvalue weighted by Crippen LogP contribution is 1.92. The Labute approximate surface area is 42.1 Å². The quantitative estimate of drug-likeness (QED) is 0.507. The molecule has 0 aliphatic heterocycles. The van der Waals surface area contributed by atoms with E-state index in [1.807, 2.05) is 0 Å². The summed E-state index contributed by atoms with van der Waals surface area (Å²) in [5.41, 5.74) is 4.84. The Morgan fingerprint density at radius 2 is 2.29 bits per heavy atom. The Morgan fingerprint density at radius 3 is 2.29 bits per heavy atom. The van der Waals surface area contributed by atoms with Gasteiger partial charge < -0.3 is 10.8 Å². The number of aliphatic hydroxyl groups excluding tert-OH is 1. The lowest BCUT2D eigenvalue weighted by Crippen LogP contribution is -2.26. The van der Waals surface area contributed by atoms with Crippen LogP contribution in [0.4, 0.5) is 4.39 Å². The summed E-state index contributed by atoms with van der Waals surface area (Å²) in [6.45, 7) is 1.27. The standard InChI is InChI=1S/C4H10FNO/c1-3(7)4(5)2-6/h3-4,7H,2,6H2,1H3/t3-,4-/m1/s1. The van der Waals surface area contributed by atoms with Gasteiger partial charge in [-0.1, -0.05) is 0 Å². The fraction of sp³-hybridized carbons (Fsp3) is 1.00. The van der Waals surface area contributed by atoms with Crippen molar-refractivity contribution < 1.29 is 9.50 Å². The van der Waals surface area contributed by atoms with Gasteiger partial charge in [-0.2, -0.15) is 0 Å². The van der Waals surface area contributed by atoms with Crippen molar-refractivity contribution in [3.8, 4) is 0 Å². The van der Waals surface area contributed by atoms with Crippen molar-refractivity contribution in [2.75, 3.05) is 6.54 Å². The third-order valence-electron chi connectivity index (χ3n) is 0.749. The molecule has 0 fully saturated rings. The van der Waals surface area contributed by atoms with Gasteiger partial charge in [0.2, 0.25) is 0 Å². The first kappa shape index (κ1) is 6.85. The van der Waals surface area contributed by atoms with E-state index in [1.54, 1.807) is 0 Å². The van der Waals surface area contributed by atoms with Gasteiger partial charge in [0.15, 0.2) is 0 Å². The Bertz CT molecular complexity index is 49.0. The average Bonchev–Trinajstić information content (AvgIpc) is 1.65. The second-order valence-electron chi connectivity index (χ2n) is 1.49. The Balaban J connectivity index is 3.14. The molecular weight excluding hydrogens is 97.0 g/mol. The molecule has 2 atom stereocenters. The van der Waals surface area contributed by atoms with Crippen molar-refractivity contribution in [1.29, 1.82) is 0 Å². The van der Waals surface area contributed by atoms with E-state index in [9.17, 15) is 4.39 Å². The fourth-order valence-electron chi connectivity index (χ4n) is 0.197. The first-order chi connectivity index (χ1) is 3.18. The maximum atomic E-state index is 11.9. The average molecular weight is 107 g/mol. The molecule has 0 radical (unpaired) electrons. The van der Waals surface area contributed by atoms with E-state index in [2.05, 4.69) is 0 Å². The van der Waals surface area contributed by atoms with Gasteiger partial charge in [-0.25, -0.2) is 4.39 Å². The third-order valence-corrected chi connectivity index (χ3v) is 0.749. The summed E-state index contributed by atoms with van der Waals surface area (Å²) in [5.74, 6) is 0. The van der Waals surface area contributed by atoms with Crippen LogP contribution in [0.3, 0.4) is 0 Å². The summed E-state index contributed by atoms with van der Waals surface area (Å²) >= 11 is 0. The number of nitrogens with two attached hydrogens (primary N) is 1. The third kappa shape index (κ3) is 2.53. The molecule has 3 heteroatoms. The minimum Gasteiger partial charge on any atom is -0.390 e. The number of hydrogen-bond donors (Lipinski definition) is 2. The van der Waals surface area contributed by atoms with Crippen molar-refractivity contribution in [3.63, 3.8) is 0 Å². The monoisotopic (exact) mass is 107 g/mol. The molecule has 0 saturated carbocycles. The van der Waals surface area contributed by atoms with Gasteiger partial charge >= 0.3 is 0 Å². The number of rotatable bonds is 2. The summed E-state index contributed by atoms with van der Waals surface area (Å²) in [6.07, 6.45) is -2.19. The largest absolute Gasteiger partial charge is 0.390 e. The molecule has 44 valence electrons. The second kappa shape index (κ2) is 2.93. The maximum Gasteiger partial charge on any atom is 0.138 e. The fourth-order valence-corrected chi connectivity index (χ4v) is 0.197. The Morgan fingerprint density at radius 1 is 1.86 bits per heavy atom. The van der Waals surface area contributed by atoms with Crippen LogP contribution in [0.5, 0.6) is 0 Å². The van der Waals surface area contributed by atoms with Gasteiger partial charge in [0.1, 0.15) is 6.17 Å². The van der Waals surface area contributed by atoms with Gasteiger partial charge in [-0.3, -0.25) is 0 Å². The molecule has 0 saturated heterocycles. The van der Waals surface area contributed by atoms with Crippen molar-refractivity contribution in [2.24, 2.45) is 5.73 Å². The first-order valence-electron chi connectivity index (χ1n) is 2.20. The molecule has 7 heavy (non-hydrogen) atoms. The van der Waals surface area contributed by atoms with Crippen LogP contribution < -0.4 is 5.73 Å². The zero-order valence-corrected chi connectivity index (χ0v) is 4.26. The van der Waals surface area contributed by atoms with E-state index < -0.39 is 12.3 Å². The van der Waals surface area contributed by atoms with E-state index in [4.69, 9.17) is 10.8 Å². The summed E-state index contributed by atoms with van der Waals surface area (Å²) in [4.78, 5) is 0. The zero-order valence-electron chi connectivity index (χ0n) is 4.26. The first-order valence-corrected chi connectivity index (χ1v) is 2.20. The maximum absolute atomic E-state index is 11.9. The SMILES string of the molecule is C[C@@H](O)[C@H](F)CN. The van der Waals surface area contributed by atoms with Crippen molar-refractivity contribution in [1.82, 2.24) is 0 Å². The van der Waals surface area contributed by atoms with Crippen LogP contribution >= 0.6 is 0 Å². The highest BCUT2D eigenvalue weighted by molar-refractivity contribution is 4.61. The number of alkyl halides is 1. The number of aliphatic hydroxyl groups is 1. The van der Waals surface area contributed by atoms with E-state index in [0.29, 0.717) is 0 Å². The summed E-state index contributed by atoms with van der Waals surface area (Å²) in [5, 5.41) is 8.37. The van der Waals surface area contributed by atoms with Crippen LogP contribution in [0.25, 0.3) is 0 Å². The molecule has 3 N–H and O–H groups in total. The van der Waals surface area contributed by atoms with Crippen LogP contribution in [0.2, 0.25) is 0 Å². The van der Waals surface area contributed by atoms with Gasteiger partial charge in [0.05, 0.1) is 6.10 Å². The lowest BCUT2D eigenvalue weighted by atomic mass is 10.2. The van der Waals surface area contributed by atoms with Crippen LogP contribution in [0.15, 0.2) is 0 Å². The van der Waals surface area contributed by atoms with Gasteiger partial charge in [-0.05, 0) is 6.92 Å². The Kier molecular flexibility index (Phi) is 2.87. The van der Waals surface area contributed by atoms with E-state index in [0.717, 1.165) is 0 Å². The normalized spacial score (nSPS) is 18.9. The Hall–Kier alpha value is -0.150. The minimum atomic E-state index is -1.26. The molecule has 0 rings (SSSR count). The predicted octanol–water partition coefficient (Wildman–Crippen LogP) is -0.336.